The molecule has 0 aliphatic heterocycles. The van der Waals surface area contributed by atoms with E-state index in [0.717, 1.165) is 0 Å². The Morgan fingerprint density at radius 1 is 1.08 bits per heavy atom. The van der Waals surface area contributed by atoms with Crippen LogP contribution < -0.4 is 10.0 Å². The lowest BCUT2D eigenvalue weighted by molar-refractivity contribution is 0.0950. The molecule has 0 unspecified atom stereocenters. The Hall–Kier alpha value is -2.05. The average Bonchev–Trinajstić information content (AvgIpc) is 2.54. The number of sulfonamides is 1. The average molecular weight is 381 g/mol. The summed E-state index contributed by atoms with van der Waals surface area (Å²) in [4.78, 5) is 12.3. The van der Waals surface area contributed by atoms with Gasteiger partial charge in [-0.15, -0.1) is 0 Å². The van der Waals surface area contributed by atoms with Crippen LogP contribution in [-0.2, 0) is 15.8 Å². The molecule has 25 heavy (non-hydrogen) atoms. The number of carbonyl (C=O) groups excluding carboxylic acids is 1. The molecule has 2 aromatic carbocycles. The predicted molar refractivity (Wildman–Crippen MR) is 101 cm³/mol. The van der Waals surface area contributed by atoms with E-state index in [9.17, 15) is 13.2 Å². The van der Waals surface area contributed by atoms with E-state index in [0.29, 0.717) is 28.6 Å². The van der Waals surface area contributed by atoms with Crippen molar-refractivity contribution in [2.45, 2.75) is 19.6 Å². The minimum Gasteiger partial charge on any atom is -0.352 e. The number of rotatable bonds is 7. The van der Waals surface area contributed by atoms with E-state index in [4.69, 9.17) is 11.6 Å². The van der Waals surface area contributed by atoms with Crippen molar-refractivity contribution in [3.63, 3.8) is 0 Å². The van der Waals surface area contributed by atoms with Gasteiger partial charge < -0.3 is 5.32 Å². The fourth-order valence-corrected chi connectivity index (χ4v) is 3.51. The maximum absolute atomic E-state index is 12.4. The van der Waals surface area contributed by atoms with E-state index in [1.54, 1.807) is 48.5 Å². The zero-order valence-electron chi connectivity index (χ0n) is 14.1. The van der Waals surface area contributed by atoms with Crippen molar-refractivity contribution in [2.75, 3.05) is 11.3 Å². The van der Waals surface area contributed by atoms with Crippen molar-refractivity contribution in [3.05, 3.63) is 64.7 Å². The summed E-state index contributed by atoms with van der Waals surface area (Å²) < 4.78 is 27.3. The third-order valence-corrected chi connectivity index (χ3v) is 4.87. The Morgan fingerprint density at radius 2 is 1.72 bits per heavy atom. The molecule has 1 amide bonds. The molecule has 2 aromatic rings. The minimum absolute atomic E-state index is 0.202. The number of amides is 1. The smallest absolute Gasteiger partial charge is 0.253 e. The van der Waals surface area contributed by atoms with Gasteiger partial charge in [-0.05, 0) is 35.7 Å². The summed E-state index contributed by atoms with van der Waals surface area (Å²) in [5.74, 6) is -0.206. The molecule has 0 saturated heterocycles. The Bertz CT molecular complexity index is 834. The Labute approximate surface area is 153 Å². The third kappa shape index (κ3) is 6.07. The minimum atomic E-state index is -3.66. The molecule has 0 radical (unpaired) electrons. The molecule has 2 N–H and O–H groups in total. The molecule has 0 atom stereocenters. The van der Waals surface area contributed by atoms with E-state index in [-0.39, 0.29) is 17.3 Å². The molecular formula is C18H21ClN2O3S. The van der Waals surface area contributed by atoms with Gasteiger partial charge in [0, 0.05) is 11.6 Å². The molecule has 0 aliphatic carbocycles. The standard InChI is InChI=1S/C18H21ClN2O3S/c1-13(2)11-20-18(22)16-5-3-4-6-17(16)21-25(23,24)12-14-7-9-15(19)10-8-14/h3-10,13,21H,11-12H2,1-2H3,(H,20,22). The van der Waals surface area contributed by atoms with Crippen molar-refractivity contribution < 1.29 is 13.2 Å². The lowest BCUT2D eigenvalue weighted by Crippen LogP contribution is -2.28. The normalized spacial score (nSPS) is 11.4. The first-order chi connectivity index (χ1) is 11.8. The van der Waals surface area contributed by atoms with Gasteiger partial charge in [-0.1, -0.05) is 49.7 Å². The van der Waals surface area contributed by atoms with E-state index >= 15 is 0 Å². The highest BCUT2D eigenvalue weighted by atomic mass is 35.5. The van der Waals surface area contributed by atoms with Crippen LogP contribution >= 0.6 is 11.6 Å². The van der Waals surface area contributed by atoms with Gasteiger partial charge in [0.1, 0.15) is 0 Å². The summed E-state index contributed by atoms with van der Waals surface area (Å²) in [5.41, 5.74) is 1.17. The van der Waals surface area contributed by atoms with Crippen molar-refractivity contribution in [2.24, 2.45) is 5.92 Å². The largest absolute Gasteiger partial charge is 0.352 e. The molecule has 0 fully saturated rings. The number of anilines is 1. The third-order valence-electron chi connectivity index (χ3n) is 3.38. The van der Waals surface area contributed by atoms with Crippen LogP contribution in [0.5, 0.6) is 0 Å². The maximum atomic E-state index is 12.4. The number of benzene rings is 2. The van der Waals surface area contributed by atoms with Crippen molar-refractivity contribution in [1.29, 1.82) is 0 Å². The summed E-state index contributed by atoms with van der Waals surface area (Å²) in [6.45, 7) is 4.49. The van der Waals surface area contributed by atoms with E-state index in [1.807, 2.05) is 13.8 Å². The quantitative estimate of drug-likeness (QED) is 0.769. The van der Waals surface area contributed by atoms with Gasteiger partial charge in [0.05, 0.1) is 17.0 Å². The van der Waals surface area contributed by atoms with Crippen LogP contribution in [0, 0.1) is 5.92 Å². The molecule has 0 heterocycles. The second-order valence-corrected chi connectivity index (χ2v) is 8.30. The van der Waals surface area contributed by atoms with Gasteiger partial charge in [0.2, 0.25) is 10.0 Å². The molecule has 0 bridgehead atoms. The summed E-state index contributed by atoms with van der Waals surface area (Å²) in [7, 11) is -3.66. The Morgan fingerprint density at radius 3 is 2.36 bits per heavy atom. The summed E-state index contributed by atoms with van der Waals surface area (Å²) in [5, 5.41) is 3.33. The van der Waals surface area contributed by atoms with Crippen LogP contribution in [0.15, 0.2) is 48.5 Å². The SMILES string of the molecule is CC(C)CNC(=O)c1ccccc1NS(=O)(=O)Cc1ccc(Cl)cc1. The van der Waals surface area contributed by atoms with E-state index < -0.39 is 10.0 Å². The van der Waals surface area contributed by atoms with E-state index in [1.165, 1.54) is 0 Å². The van der Waals surface area contributed by atoms with E-state index in [2.05, 4.69) is 10.0 Å². The highest BCUT2D eigenvalue weighted by Gasteiger charge is 2.17. The lowest BCUT2D eigenvalue weighted by atomic mass is 10.1. The molecule has 0 spiro atoms. The number of hydrogen-bond donors (Lipinski definition) is 2. The molecule has 134 valence electrons. The highest BCUT2D eigenvalue weighted by molar-refractivity contribution is 7.91. The molecule has 5 nitrogen and oxygen atoms in total. The first-order valence-corrected chi connectivity index (χ1v) is 9.92. The molecule has 0 aromatic heterocycles. The number of halogens is 1. The van der Waals surface area contributed by atoms with Crippen LogP contribution in [0.25, 0.3) is 0 Å². The van der Waals surface area contributed by atoms with Gasteiger partial charge in [-0.25, -0.2) is 8.42 Å². The lowest BCUT2D eigenvalue weighted by Gasteiger charge is -2.13. The monoisotopic (exact) mass is 380 g/mol. The number of carbonyl (C=O) groups is 1. The first kappa shape index (κ1) is 19.3. The summed E-state index contributed by atoms with van der Waals surface area (Å²) in [6.07, 6.45) is 0. The van der Waals surface area contributed by atoms with Crippen LogP contribution in [0.1, 0.15) is 29.8 Å². The fraction of sp³-hybridized carbons (Fsp3) is 0.278. The first-order valence-electron chi connectivity index (χ1n) is 7.89. The molecule has 7 heteroatoms. The Balaban J connectivity index is 2.16. The van der Waals surface area contributed by atoms with Crippen LogP contribution in [0.3, 0.4) is 0 Å². The van der Waals surface area contributed by atoms with Crippen LogP contribution in [-0.4, -0.2) is 20.9 Å². The van der Waals surface area contributed by atoms with Gasteiger partial charge in [0.25, 0.3) is 5.91 Å². The van der Waals surface area contributed by atoms with Gasteiger partial charge >= 0.3 is 0 Å². The maximum Gasteiger partial charge on any atom is 0.253 e. The molecule has 0 saturated carbocycles. The summed E-state index contributed by atoms with van der Waals surface area (Å²) in [6, 6.07) is 13.1. The fourth-order valence-electron chi connectivity index (χ4n) is 2.17. The number of para-hydroxylation sites is 1. The summed E-state index contributed by atoms with van der Waals surface area (Å²) >= 11 is 5.81. The van der Waals surface area contributed by atoms with Crippen molar-refractivity contribution in [1.82, 2.24) is 5.32 Å². The topological polar surface area (TPSA) is 75.3 Å². The Kier molecular flexibility index (Phi) is 6.45. The van der Waals surface area contributed by atoms with Gasteiger partial charge in [0.15, 0.2) is 0 Å². The van der Waals surface area contributed by atoms with Crippen molar-refractivity contribution >= 4 is 33.2 Å². The van der Waals surface area contributed by atoms with Crippen molar-refractivity contribution in [3.8, 4) is 0 Å². The second kappa shape index (κ2) is 8.36. The number of nitrogens with one attached hydrogen (secondary N) is 2. The van der Waals surface area contributed by atoms with Crippen LogP contribution in [0.2, 0.25) is 5.02 Å². The second-order valence-electron chi connectivity index (χ2n) is 6.14. The highest BCUT2D eigenvalue weighted by Crippen LogP contribution is 2.19. The van der Waals surface area contributed by atoms with Gasteiger partial charge in [-0.3, -0.25) is 9.52 Å². The molecular weight excluding hydrogens is 360 g/mol. The van der Waals surface area contributed by atoms with Gasteiger partial charge in [-0.2, -0.15) is 0 Å². The number of hydrogen-bond acceptors (Lipinski definition) is 3. The van der Waals surface area contributed by atoms with Crippen LogP contribution in [0.4, 0.5) is 5.69 Å². The molecule has 2 rings (SSSR count). The predicted octanol–water partition coefficient (Wildman–Crippen LogP) is 3.67. The molecule has 0 aliphatic rings. The zero-order valence-corrected chi connectivity index (χ0v) is 15.7. The zero-order chi connectivity index (χ0) is 18.4.